The first-order chi connectivity index (χ1) is 19.8. The zero-order valence-electron chi connectivity index (χ0n) is 25.0. The van der Waals surface area contributed by atoms with Gasteiger partial charge in [0.2, 0.25) is 5.69 Å². The number of hydrogen-bond donors (Lipinski definition) is 1. The van der Waals surface area contributed by atoms with E-state index in [0.717, 1.165) is 76.0 Å². The van der Waals surface area contributed by atoms with E-state index in [0.29, 0.717) is 5.56 Å². The summed E-state index contributed by atoms with van der Waals surface area (Å²) < 4.78 is 2.24. The van der Waals surface area contributed by atoms with Crippen molar-refractivity contribution in [3.63, 3.8) is 0 Å². The first-order valence-electron chi connectivity index (χ1n) is 14.5. The molecule has 0 unspecified atom stereocenters. The number of anilines is 1. The predicted octanol–water partition coefficient (Wildman–Crippen LogP) is 6.62. The Hall–Kier alpha value is -3.90. The average Bonchev–Trinajstić information content (AvgIpc) is 3.49. The van der Waals surface area contributed by atoms with Crippen LogP contribution in [0.5, 0.6) is 0 Å². The van der Waals surface area contributed by atoms with Crippen LogP contribution in [0, 0.1) is 0 Å². The number of halogens is 1. The van der Waals surface area contributed by atoms with Gasteiger partial charge in [-0.1, -0.05) is 43.7 Å². The van der Waals surface area contributed by atoms with Crippen molar-refractivity contribution in [3.05, 3.63) is 105 Å². The number of carboxylic acid groups (broad SMARTS) is 2. The lowest BCUT2D eigenvalue weighted by Gasteiger charge is -2.26. The topological polar surface area (TPSA) is 83.7 Å². The summed E-state index contributed by atoms with van der Waals surface area (Å²) in [7, 11) is 0. The number of carboxylic acids is 2. The standard InChI is InChI=1S/C35H37ClN2O4/c1-7-37-27-15-11-23(32(39)40)19-25(27)34(3,4)29(37)17-13-21-9-10-22(31(21)36)14-18-30-35(5,6)26-20-24(33(41)42)12-16-28(26)38(30)8-2/h11-20H,7-10H2,1-6H3,(H-,39,40,41,42). The Morgan fingerprint density at radius 1 is 0.976 bits per heavy atom. The second-order valence-electron chi connectivity index (χ2n) is 12.1. The molecule has 0 aromatic heterocycles. The minimum atomic E-state index is -1.17. The van der Waals surface area contributed by atoms with E-state index < -0.39 is 11.9 Å². The van der Waals surface area contributed by atoms with Gasteiger partial charge < -0.3 is 19.9 Å². The van der Waals surface area contributed by atoms with E-state index in [4.69, 9.17) is 11.6 Å². The van der Waals surface area contributed by atoms with Crippen molar-refractivity contribution in [2.75, 3.05) is 18.0 Å². The molecule has 0 fully saturated rings. The molecule has 0 saturated carbocycles. The van der Waals surface area contributed by atoms with Crippen LogP contribution in [0.25, 0.3) is 0 Å². The van der Waals surface area contributed by atoms with Crippen LogP contribution in [-0.4, -0.2) is 40.4 Å². The normalized spacial score (nSPS) is 20.8. The molecule has 1 N–H and O–H groups in total. The van der Waals surface area contributed by atoms with Gasteiger partial charge in [-0.3, -0.25) is 0 Å². The van der Waals surface area contributed by atoms with Gasteiger partial charge in [0.1, 0.15) is 6.54 Å². The number of benzene rings is 2. The molecular formula is C35H37ClN2O4. The van der Waals surface area contributed by atoms with Crippen molar-refractivity contribution >= 4 is 40.6 Å². The van der Waals surface area contributed by atoms with Gasteiger partial charge in [0.05, 0.1) is 16.9 Å². The second-order valence-corrected chi connectivity index (χ2v) is 12.5. The molecule has 0 atom stereocenters. The van der Waals surface area contributed by atoms with Crippen LogP contribution in [0.15, 0.2) is 82.6 Å². The van der Waals surface area contributed by atoms with Gasteiger partial charge in [-0.25, -0.2) is 4.79 Å². The fourth-order valence-corrected chi connectivity index (χ4v) is 6.97. The molecule has 2 aromatic carbocycles. The summed E-state index contributed by atoms with van der Waals surface area (Å²) in [4.78, 5) is 25.4. The number of carbonyl (C=O) groups is 2. The lowest BCUT2D eigenvalue weighted by molar-refractivity contribution is -0.433. The zero-order valence-corrected chi connectivity index (χ0v) is 25.8. The van der Waals surface area contributed by atoms with Crippen molar-refractivity contribution < 1.29 is 24.4 Å². The maximum absolute atomic E-state index is 11.6. The van der Waals surface area contributed by atoms with Crippen LogP contribution in [0.1, 0.15) is 86.2 Å². The van der Waals surface area contributed by atoms with E-state index in [9.17, 15) is 19.8 Å². The van der Waals surface area contributed by atoms with Gasteiger partial charge in [-0.05, 0) is 93.2 Å². The number of likely N-dealkylation sites (N-methyl/N-ethyl adjacent to an activating group) is 1. The van der Waals surface area contributed by atoms with E-state index in [1.807, 2.05) is 12.1 Å². The average molecular weight is 585 g/mol. The number of fused-ring (bicyclic) bond motifs is 2. The zero-order chi connectivity index (χ0) is 30.6. The molecule has 2 heterocycles. The molecule has 6 nitrogen and oxygen atoms in total. The van der Waals surface area contributed by atoms with Crippen molar-refractivity contribution in [2.45, 2.75) is 65.2 Å². The summed E-state index contributed by atoms with van der Waals surface area (Å²) >= 11 is 6.94. The summed E-state index contributed by atoms with van der Waals surface area (Å²) in [6, 6.07) is 10.6. The minimum absolute atomic E-state index is 0.186. The molecule has 42 heavy (non-hydrogen) atoms. The van der Waals surface area contributed by atoms with E-state index in [2.05, 4.69) is 75.3 Å². The summed E-state index contributed by atoms with van der Waals surface area (Å²) in [6.45, 7) is 14.2. The van der Waals surface area contributed by atoms with Crippen molar-refractivity contribution in [3.8, 4) is 0 Å². The molecule has 218 valence electrons. The van der Waals surface area contributed by atoms with Gasteiger partial charge in [0.15, 0.2) is 5.71 Å². The lowest BCUT2D eigenvalue weighted by atomic mass is 9.80. The van der Waals surface area contributed by atoms with Crippen molar-refractivity contribution in [1.82, 2.24) is 0 Å². The van der Waals surface area contributed by atoms with Crippen LogP contribution < -0.4 is 10.0 Å². The maximum atomic E-state index is 11.6. The Morgan fingerprint density at radius 3 is 2.31 bits per heavy atom. The molecule has 7 heteroatoms. The third-order valence-electron chi connectivity index (χ3n) is 9.01. The molecule has 3 aliphatic rings. The highest BCUT2D eigenvalue weighted by Crippen LogP contribution is 2.48. The van der Waals surface area contributed by atoms with Gasteiger partial charge in [-0.15, -0.1) is 0 Å². The van der Waals surface area contributed by atoms with Crippen LogP contribution in [0.3, 0.4) is 0 Å². The highest BCUT2D eigenvalue weighted by Gasteiger charge is 2.44. The number of carbonyl (C=O) groups excluding carboxylic acids is 1. The van der Waals surface area contributed by atoms with Gasteiger partial charge in [0, 0.05) is 46.1 Å². The molecule has 2 aliphatic heterocycles. The third-order valence-corrected chi connectivity index (χ3v) is 9.50. The molecule has 0 radical (unpaired) electrons. The molecule has 0 saturated heterocycles. The minimum Gasteiger partial charge on any atom is -0.545 e. The van der Waals surface area contributed by atoms with Crippen LogP contribution in [-0.2, 0) is 10.8 Å². The quantitative estimate of drug-likeness (QED) is 0.370. The first-order valence-corrected chi connectivity index (χ1v) is 14.8. The molecule has 5 rings (SSSR count). The Bertz CT molecular complexity index is 1670. The Morgan fingerprint density at radius 2 is 1.67 bits per heavy atom. The monoisotopic (exact) mass is 584 g/mol. The highest BCUT2D eigenvalue weighted by atomic mass is 35.5. The van der Waals surface area contributed by atoms with Crippen molar-refractivity contribution in [1.29, 1.82) is 0 Å². The van der Waals surface area contributed by atoms with Gasteiger partial charge in [-0.2, -0.15) is 4.58 Å². The number of nitrogens with zero attached hydrogens (tertiary/aromatic N) is 2. The summed E-state index contributed by atoms with van der Waals surface area (Å²) in [5.41, 5.74) is 8.13. The Balaban J connectivity index is 1.46. The fourth-order valence-electron chi connectivity index (χ4n) is 6.66. The van der Waals surface area contributed by atoms with E-state index in [1.54, 1.807) is 24.3 Å². The molecular weight excluding hydrogens is 548 g/mol. The summed E-state index contributed by atoms with van der Waals surface area (Å²) in [5, 5.41) is 21.8. The van der Waals surface area contributed by atoms with E-state index in [-0.39, 0.29) is 16.4 Å². The third kappa shape index (κ3) is 4.72. The van der Waals surface area contributed by atoms with Crippen LogP contribution >= 0.6 is 11.6 Å². The predicted molar refractivity (Wildman–Crippen MR) is 166 cm³/mol. The number of hydrogen-bond acceptors (Lipinski definition) is 4. The molecule has 2 aromatic rings. The van der Waals surface area contributed by atoms with Crippen molar-refractivity contribution in [2.24, 2.45) is 0 Å². The van der Waals surface area contributed by atoms with Crippen LogP contribution in [0.4, 0.5) is 11.4 Å². The number of rotatable bonds is 7. The fraction of sp³-hybridized carbons (Fsp3) is 0.343. The summed E-state index contributed by atoms with van der Waals surface area (Å²) in [6.07, 6.45) is 10.1. The smallest absolute Gasteiger partial charge is 0.335 e. The lowest BCUT2D eigenvalue weighted by Crippen LogP contribution is -2.27. The summed E-state index contributed by atoms with van der Waals surface area (Å²) in [5.74, 6) is -2.10. The SMILES string of the molecule is CCN1/C(=C/C=C2\CCC(/C=C/C3=[N+](CC)c4ccc(C(=O)O)cc4C3(C)C)=C2Cl)C(C)(C)c2cc(C(=O)[O-])ccc21. The van der Waals surface area contributed by atoms with E-state index >= 15 is 0 Å². The maximum Gasteiger partial charge on any atom is 0.335 e. The number of allylic oxidation sites excluding steroid dienone is 8. The second kappa shape index (κ2) is 10.7. The van der Waals surface area contributed by atoms with E-state index in [1.165, 1.54) is 0 Å². The van der Waals surface area contributed by atoms with Gasteiger partial charge >= 0.3 is 5.97 Å². The number of aromatic carboxylic acids is 2. The molecule has 1 aliphatic carbocycles. The highest BCUT2D eigenvalue weighted by molar-refractivity contribution is 6.33. The molecule has 0 spiro atoms. The van der Waals surface area contributed by atoms with Gasteiger partial charge in [0.25, 0.3) is 0 Å². The Kier molecular flexibility index (Phi) is 7.56. The first kappa shape index (κ1) is 29.6. The van der Waals surface area contributed by atoms with Crippen LogP contribution in [0.2, 0.25) is 0 Å². The molecule has 0 bridgehead atoms. The largest absolute Gasteiger partial charge is 0.545 e. The Labute approximate surface area is 252 Å². The molecule has 0 amide bonds.